The van der Waals surface area contributed by atoms with Crippen molar-refractivity contribution in [2.24, 2.45) is 0 Å². The standard InChI is InChI=1S/C12H22O4/c1-2-3-10-16-11(12(14)15)8-6-4-5-7-9-13/h9,11H,2-8,10H2,1H3,(H,14,15). The first-order valence-electron chi connectivity index (χ1n) is 6.00. The van der Waals surface area contributed by atoms with Crippen molar-refractivity contribution >= 4 is 12.3 Å². The van der Waals surface area contributed by atoms with Gasteiger partial charge in [-0.1, -0.05) is 26.2 Å². The molecule has 0 aromatic rings. The van der Waals surface area contributed by atoms with Crippen molar-refractivity contribution in [1.29, 1.82) is 0 Å². The third-order valence-electron chi connectivity index (χ3n) is 2.38. The zero-order chi connectivity index (χ0) is 12.2. The second-order valence-corrected chi connectivity index (χ2v) is 3.86. The summed E-state index contributed by atoms with van der Waals surface area (Å²) in [6.45, 7) is 2.56. The highest BCUT2D eigenvalue weighted by Gasteiger charge is 2.16. The molecule has 0 aliphatic carbocycles. The van der Waals surface area contributed by atoms with Gasteiger partial charge in [0, 0.05) is 13.0 Å². The second kappa shape index (κ2) is 10.6. The molecule has 94 valence electrons. The quantitative estimate of drug-likeness (QED) is 0.437. The van der Waals surface area contributed by atoms with Crippen LogP contribution in [0.2, 0.25) is 0 Å². The molecular weight excluding hydrogens is 208 g/mol. The summed E-state index contributed by atoms with van der Waals surface area (Å²) in [5.74, 6) is -0.883. The average Bonchev–Trinajstić information content (AvgIpc) is 2.26. The smallest absolute Gasteiger partial charge is 0.332 e. The Kier molecular flexibility index (Phi) is 10.0. The van der Waals surface area contributed by atoms with Crippen LogP contribution in [0.3, 0.4) is 0 Å². The van der Waals surface area contributed by atoms with Gasteiger partial charge in [0.15, 0.2) is 6.10 Å². The van der Waals surface area contributed by atoms with E-state index < -0.39 is 12.1 Å². The number of aldehydes is 1. The summed E-state index contributed by atoms with van der Waals surface area (Å²) < 4.78 is 5.28. The van der Waals surface area contributed by atoms with Crippen LogP contribution in [0.1, 0.15) is 51.9 Å². The van der Waals surface area contributed by atoms with Gasteiger partial charge in [0.1, 0.15) is 6.29 Å². The predicted molar refractivity (Wildman–Crippen MR) is 61.4 cm³/mol. The number of aliphatic carboxylic acids is 1. The van der Waals surface area contributed by atoms with Crippen LogP contribution in [0.25, 0.3) is 0 Å². The van der Waals surface area contributed by atoms with Crippen LogP contribution in [0, 0.1) is 0 Å². The molecule has 0 rings (SSSR count). The summed E-state index contributed by atoms with van der Waals surface area (Å²) in [7, 11) is 0. The molecule has 0 aliphatic rings. The van der Waals surface area contributed by atoms with Crippen LogP contribution in [0.5, 0.6) is 0 Å². The Morgan fingerprint density at radius 3 is 2.62 bits per heavy atom. The predicted octanol–water partition coefficient (Wildman–Crippen LogP) is 2.41. The number of carboxylic acids is 1. The Bertz CT molecular complexity index is 191. The second-order valence-electron chi connectivity index (χ2n) is 3.86. The van der Waals surface area contributed by atoms with E-state index in [0.717, 1.165) is 38.4 Å². The first kappa shape index (κ1) is 15.1. The van der Waals surface area contributed by atoms with Gasteiger partial charge in [-0.15, -0.1) is 0 Å². The van der Waals surface area contributed by atoms with Crippen molar-refractivity contribution < 1.29 is 19.4 Å². The van der Waals surface area contributed by atoms with Crippen LogP contribution >= 0.6 is 0 Å². The maximum atomic E-state index is 10.8. The monoisotopic (exact) mass is 230 g/mol. The Balaban J connectivity index is 3.59. The minimum Gasteiger partial charge on any atom is -0.479 e. The normalized spacial score (nSPS) is 12.3. The highest BCUT2D eigenvalue weighted by molar-refractivity contribution is 5.72. The molecular formula is C12H22O4. The summed E-state index contributed by atoms with van der Waals surface area (Å²) >= 11 is 0. The maximum Gasteiger partial charge on any atom is 0.332 e. The van der Waals surface area contributed by atoms with Crippen molar-refractivity contribution in [1.82, 2.24) is 0 Å². The van der Waals surface area contributed by atoms with Crippen molar-refractivity contribution in [3.63, 3.8) is 0 Å². The molecule has 0 fully saturated rings. The fourth-order valence-corrected chi connectivity index (χ4v) is 1.38. The van der Waals surface area contributed by atoms with Gasteiger partial charge in [-0.3, -0.25) is 0 Å². The Labute approximate surface area is 97.0 Å². The number of ether oxygens (including phenoxy) is 1. The molecule has 4 nitrogen and oxygen atoms in total. The molecule has 1 unspecified atom stereocenters. The van der Waals surface area contributed by atoms with Crippen molar-refractivity contribution in [3.05, 3.63) is 0 Å². The van der Waals surface area contributed by atoms with E-state index in [-0.39, 0.29) is 0 Å². The molecule has 0 aromatic carbocycles. The van der Waals surface area contributed by atoms with Gasteiger partial charge in [-0.05, 0) is 19.3 Å². The van der Waals surface area contributed by atoms with Crippen molar-refractivity contribution in [2.75, 3.05) is 6.61 Å². The fourth-order valence-electron chi connectivity index (χ4n) is 1.38. The van der Waals surface area contributed by atoms with Crippen LogP contribution in [0.15, 0.2) is 0 Å². The largest absolute Gasteiger partial charge is 0.479 e. The van der Waals surface area contributed by atoms with E-state index in [9.17, 15) is 9.59 Å². The van der Waals surface area contributed by atoms with E-state index in [2.05, 4.69) is 0 Å². The highest BCUT2D eigenvalue weighted by atomic mass is 16.5. The first-order chi connectivity index (χ1) is 7.72. The van der Waals surface area contributed by atoms with E-state index >= 15 is 0 Å². The van der Waals surface area contributed by atoms with Gasteiger partial charge >= 0.3 is 5.97 Å². The summed E-state index contributed by atoms with van der Waals surface area (Å²) in [5.41, 5.74) is 0. The summed E-state index contributed by atoms with van der Waals surface area (Å²) in [4.78, 5) is 20.9. The van der Waals surface area contributed by atoms with Gasteiger partial charge in [-0.2, -0.15) is 0 Å². The number of carbonyl (C=O) groups is 2. The van der Waals surface area contributed by atoms with E-state index in [1.165, 1.54) is 0 Å². The van der Waals surface area contributed by atoms with Gasteiger partial charge in [0.25, 0.3) is 0 Å². The number of carbonyl (C=O) groups excluding carboxylic acids is 1. The Hall–Kier alpha value is -0.900. The molecule has 0 amide bonds. The molecule has 0 saturated heterocycles. The SMILES string of the molecule is CCCCOC(CCCCCC=O)C(=O)O. The van der Waals surface area contributed by atoms with E-state index in [4.69, 9.17) is 9.84 Å². The third kappa shape index (κ3) is 8.41. The lowest BCUT2D eigenvalue weighted by atomic mass is 10.1. The zero-order valence-electron chi connectivity index (χ0n) is 9.98. The molecule has 4 heteroatoms. The maximum absolute atomic E-state index is 10.8. The highest BCUT2D eigenvalue weighted by Crippen LogP contribution is 2.09. The van der Waals surface area contributed by atoms with Gasteiger partial charge in [-0.25, -0.2) is 4.79 Å². The number of hydrogen-bond donors (Lipinski definition) is 1. The molecule has 0 aliphatic heterocycles. The van der Waals surface area contributed by atoms with Gasteiger partial charge in [0.05, 0.1) is 0 Å². The van der Waals surface area contributed by atoms with Crippen molar-refractivity contribution in [2.45, 2.75) is 58.0 Å². The van der Waals surface area contributed by atoms with Gasteiger partial charge < -0.3 is 14.6 Å². The van der Waals surface area contributed by atoms with Crippen LogP contribution in [0.4, 0.5) is 0 Å². The van der Waals surface area contributed by atoms with E-state index in [1.807, 2.05) is 6.92 Å². The number of rotatable bonds is 11. The summed E-state index contributed by atoms with van der Waals surface area (Å²) in [6, 6.07) is 0. The molecule has 0 aromatic heterocycles. The molecule has 0 saturated carbocycles. The number of carboxylic acid groups (broad SMARTS) is 1. The molecule has 16 heavy (non-hydrogen) atoms. The van der Waals surface area contributed by atoms with Gasteiger partial charge in [0.2, 0.25) is 0 Å². The Morgan fingerprint density at radius 1 is 1.31 bits per heavy atom. The summed E-state index contributed by atoms with van der Waals surface area (Å²) in [5, 5.41) is 8.89. The zero-order valence-corrected chi connectivity index (χ0v) is 9.98. The van der Waals surface area contributed by atoms with E-state index in [0.29, 0.717) is 19.4 Å². The lowest BCUT2D eigenvalue weighted by molar-refractivity contribution is -0.151. The van der Waals surface area contributed by atoms with Crippen LogP contribution < -0.4 is 0 Å². The van der Waals surface area contributed by atoms with Crippen LogP contribution in [-0.2, 0) is 14.3 Å². The van der Waals surface area contributed by atoms with Crippen LogP contribution in [-0.4, -0.2) is 30.1 Å². The number of hydrogen-bond acceptors (Lipinski definition) is 3. The molecule has 0 heterocycles. The fraction of sp³-hybridized carbons (Fsp3) is 0.833. The molecule has 0 spiro atoms. The number of unbranched alkanes of at least 4 members (excludes halogenated alkanes) is 4. The van der Waals surface area contributed by atoms with E-state index in [1.54, 1.807) is 0 Å². The average molecular weight is 230 g/mol. The van der Waals surface area contributed by atoms with Crippen molar-refractivity contribution in [3.8, 4) is 0 Å². The Morgan fingerprint density at radius 2 is 2.06 bits per heavy atom. The molecule has 0 bridgehead atoms. The first-order valence-corrected chi connectivity index (χ1v) is 6.00. The molecule has 1 N–H and O–H groups in total. The minimum absolute atomic E-state index is 0.516. The summed E-state index contributed by atoms with van der Waals surface area (Å²) in [6.07, 6.45) is 5.75. The third-order valence-corrected chi connectivity index (χ3v) is 2.38. The molecule has 1 atom stereocenters. The lowest BCUT2D eigenvalue weighted by Crippen LogP contribution is -2.24. The lowest BCUT2D eigenvalue weighted by Gasteiger charge is -2.12. The molecule has 0 radical (unpaired) electrons. The topological polar surface area (TPSA) is 63.6 Å². The minimum atomic E-state index is -0.883.